The second-order valence-corrected chi connectivity index (χ2v) is 6.19. The van der Waals surface area contributed by atoms with Gasteiger partial charge in [0, 0.05) is 37.8 Å². The monoisotopic (exact) mass is 338 g/mol. The molecule has 134 valence electrons. The Morgan fingerprint density at radius 1 is 1.29 bits per heavy atom. The molecule has 2 rings (SSSR count). The van der Waals surface area contributed by atoms with Gasteiger partial charge in [0.05, 0.1) is 20.3 Å². The van der Waals surface area contributed by atoms with Gasteiger partial charge < -0.3 is 24.6 Å². The van der Waals surface area contributed by atoms with Crippen molar-refractivity contribution < 1.29 is 24.5 Å². The number of aromatic hydroxyl groups is 1. The van der Waals surface area contributed by atoms with Crippen LogP contribution in [0.4, 0.5) is 0 Å². The predicted molar refractivity (Wildman–Crippen MR) is 89.8 cm³/mol. The number of carbonyl (C=O) groups is 1. The highest BCUT2D eigenvalue weighted by molar-refractivity contribution is 5.96. The summed E-state index contributed by atoms with van der Waals surface area (Å²) >= 11 is 0. The number of piperazine rings is 1. The maximum Gasteiger partial charge on any atom is 0.254 e. The lowest BCUT2D eigenvalue weighted by molar-refractivity contribution is 0.0382. The number of hydrogen-bond acceptors (Lipinski definition) is 6. The molecule has 7 heteroatoms. The molecule has 7 nitrogen and oxygen atoms in total. The molecular formula is C17H26N2O5. The van der Waals surface area contributed by atoms with Crippen molar-refractivity contribution in [2.75, 3.05) is 40.4 Å². The van der Waals surface area contributed by atoms with Gasteiger partial charge in [-0.2, -0.15) is 0 Å². The van der Waals surface area contributed by atoms with Gasteiger partial charge in [-0.1, -0.05) is 0 Å². The maximum atomic E-state index is 12.9. The molecule has 1 aromatic carbocycles. The lowest BCUT2D eigenvalue weighted by Crippen LogP contribution is -2.55. The third-order valence-electron chi connectivity index (χ3n) is 4.22. The fraction of sp³-hybridized carbons (Fsp3) is 0.588. The average Bonchev–Trinajstić information content (AvgIpc) is 2.54. The van der Waals surface area contributed by atoms with Gasteiger partial charge in [0.15, 0.2) is 11.5 Å². The van der Waals surface area contributed by atoms with Crippen molar-refractivity contribution in [3.8, 4) is 17.2 Å². The first kappa shape index (κ1) is 18.4. The molecule has 1 saturated heterocycles. The van der Waals surface area contributed by atoms with Crippen LogP contribution in [0.2, 0.25) is 0 Å². The van der Waals surface area contributed by atoms with E-state index in [0.29, 0.717) is 31.7 Å². The predicted octanol–water partition coefficient (Wildman–Crippen LogP) is 0.937. The van der Waals surface area contributed by atoms with Crippen LogP contribution in [0.3, 0.4) is 0 Å². The van der Waals surface area contributed by atoms with Crippen LogP contribution in [0.25, 0.3) is 0 Å². The standard InChI is InChI=1S/C17H26N2O5/c1-11-9-18(10-12(2)20)5-6-19(11)17(22)13-7-14(23-3)16(21)15(8-13)24-4/h7-8,11-12,20-21H,5-6,9-10H2,1-4H3. The lowest BCUT2D eigenvalue weighted by atomic mass is 10.1. The molecule has 1 aromatic rings. The molecule has 1 fully saturated rings. The highest BCUT2D eigenvalue weighted by Crippen LogP contribution is 2.37. The number of phenols is 1. The highest BCUT2D eigenvalue weighted by Gasteiger charge is 2.29. The Kier molecular flexibility index (Phi) is 5.90. The fourth-order valence-electron chi connectivity index (χ4n) is 3.06. The molecule has 2 N–H and O–H groups in total. The van der Waals surface area contributed by atoms with Crippen LogP contribution in [0.5, 0.6) is 17.2 Å². The van der Waals surface area contributed by atoms with Crippen LogP contribution in [0.1, 0.15) is 24.2 Å². The van der Waals surface area contributed by atoms with E-state index in [2.05, 4.69) is 4.90 Å². The summed E-state index contributed by atoms with van der Waals surface area (Å²) in [4.78, 5) is 16.8. The molecule has 2 unspecified atom stereocenters. The summed E-state index contributed by atoms with van der Waals surface area (Å²) in [6.07, 6.45) is -0.384. The molecule has 0 aliphatic carbocycles. The molecule has 0 aromatic heterocycles. The van der Waals surface area contributed by atoms with Crippen molar-refractivity contribution in [3.05, 3.63) is 17.7 Å². The van der Waals surface area contributed by atoms with Gasteiger partial charge in [-0.3, -0.25) is 9.69 Å². The van der Waals surface area contributed by atoms with Crippen LogP contribution < -0.4 is 9.47 Å². The first-order valence-corrected chi connectivity index (χ1v) is 8.03. The number of aliphatic hydroxyl groups is 1. The van der Waals surface area contributed by atoms with Crippen molar-refractivity contribution in [1.29, 1.82) is 0 Å². The maximum absolute atomic E-state index is 12.9. The SMILES string of the molecule is COc1cc(C(=O)N2CCN(CC(C)O)CC2C)cc(OC)c1O. The Hall–Kier alpha value is -1.99. The summed E-state index contributed by atoms with van der Waals surface area (Å²) in [5, 5.41) is 19.5. The third-order valence-corrected chi connectivity index (χ3v) is 4.22. The fourth-order valence-corrected chi connectivity index (χ4v) is 3.06. The Morgan fingerprint density at radius 3 is 2.33 bits per heavy atom. The molecule has 1 amide bonds. The zero-order valence-electron chi connectivity index (χ0n) is 14.7. The van der Waals surface area contributed by atoms with Crippen LogP contribution in [0.15, 0.2) is 12.1 Å². The van der Waals surface area contributed by atoms with E-state index in [1.807, 2.05) is 6.92 Å². The number of phenolic OH excluding ortho intramolecular Hbond substituents is 1. The van der Waals surface area contributed by atoms with Crippen molar-refractivity contribution >= 4 is 5.91 Å². The molecule has 0 bridgehead atoms. The smallest absolute Gasteiger partial charge is 0.254 e. The average molecular weight is 338 g/mol. The van der Waals surface area contributed by atoms with Gasteiger partial charge in [-0.25, -0.2) is 0 Å². The van der Waals surface area contributed by atoms with Gasteiger partial charge in [0.1, 0.15) is 0 Å². The Bertz CT molecular complexity index is 565. The van der Waals surface area contributed by atoms with Crippen LogP contribution in [0, 0.1) is 0 Å². The van der Waals surface area contributed by atoms with E-state index in [4.69, 9.17) is 9.47 Å². The van der Waals surface area contributed by atoms with Crippen LogP contribution >= 0.6 is 0 Å². The summed E-state index contributed by atoms with van der Waals surface area (Å²) in [7, 11) is 2.86. The highest BCUT2D eigenvalue weighted by atomic mass is 16.5. The van der Waals surface area contributed by atoms with Gasteiger partial charge in [-0.05, 0) is 26.0 Å². The summed E-state index contributed by atoms with van der Waals surface area (Å²) < 4.78 is 10.2. The second kappa shape index (κ2) is 7.72. The minimum atomic E-state index is -0.384. The topological polar surface area (TPSA) is 82.5 Å². The molecule has 0 spiro atoms. The third kappa shape index (κ3) is 3.91. The first-order chi connectivity index (χ1) is 11.4. The number of ether oxygens (including phenoxy) is 2. The summed E-state index contributed by atoms with van der Waals surface area (Å²) in [6, 6.07) is 3.07. The number of hydrogen-bond donors (Lipinski definition) is 2. The number of nitrogens with zero attached hydrogens (tertiary/aromatic N) is 2. The quantitative estimate of drug-likeness (QED) is 0.831. The van der Waals surface area contributed by atoms with E-state index in [-0.39, 0.29) is 35.3 Å². The van der Waals surface area contributed by atoms with Gasteiger partial charge >= 0.3 is 0 Å². The number of β-amino-alcohol motifs (C(OH)–C–C–N with tert-alkyl or cyclic N) is 1. The lowest BCUT2D eigenvalue weighted by Gasteiger charge is -2.40. The molecule has 1 aliphatic heterocycles. The van der Waals surface area contributed by atoms with E-state index < -0.39 is 0 Å². The largest absolute Gasteiger partial charge is 0.502 e. The van der Waals surface area contributed by atoms with Crippen LogP contribution in [-0.2, 0) is 0 Å². The van der Waals surface area contributed by atoms with Crippen molar-refractivity contribution in [2.45, 2.75) is 26.0 Å². The number of carbonyl (C=O) groups excluding carboxylic acids is 1. The zero-order valence-corrected chi connectivity index (χ0v) is 14.7. The second-order valence-electron chi connectivity index (χ2n) is 6.19. The van der Waals surface area contributed by atoms with Crippen molar-refractivity contribution in [2.24, 2.45) is 0 Å². The Morgan fingerprint density at radius 2 is 1.88 bits per heavy atom. The minimum absolute atomic E-state index is 0.0239. The summed E-state index contributed by atoms with van der Waals surface area (Å²) in [5.41, 5.74) is 0.414. The molecule has 24 heavy (non-hydrogen) atoms. The number of amides is 1. The molecule has 0 radical (unpaired) electrons. The van der Waals surface area contributed by atoms with Gasteiger partial charge in [-0.15, -0.1) is 0 Å². The normalized spacial score (nSPS) is 19.9. The number of rotatable bonds is 5. The first-order valence-electron chi connectivity index (χ1n) is 8.03. The Labute approximate surface area is 142 Å². The van der Waals surface area contributed by atoms with Gasteiger partial charge in [0.25, 0.3) is 5.91 Å². The van der Waals surface area contributed by atoms with Crippen molar-refractivity contribution in [3.63, 3.8) is 0 Å². The number of aliphatic hydroxyl groups excluding tert-OH is 1. The molecule has 1 aliphatic rings. The molecule has 1 heterocycles. The Balaban J connectivity index is 2.17. The number of benzene rings is 1. The van der Waals surface area contributed by atoms with E-state index in [9.17, 15) is 15.0 Å². The molecule has 2 atom stereocenters. The molecular weight excluding hydrogens is 312 g/mol. The van der Waals surface area contributed by atoms with Crippen molar-refractivity contribution in [1.82, 2.24) is 9.80 Å². The molecule has 0 saturated carbocycles. The van der Waals surface area contributed by atoms with E-state index in [0.717, 1.165) is 0 Å². The summed E-state index contributed by atoms with van der Waals surface area (Å²) in [6.45, 7) is 6.36. The number of methoxy groups -OCH3 is 2. The van der Waals surface area contributed by atoms with Gasteiger partial charge in [0.2, 0.25) is 5.75 Å². The van der Waals surface area contributed by atoms with Crippen LogP contribution in [-0.4, -0.2) is 78.5 Å². The van der Waals surface area contributed by atoms with E-state index in [1.54, 1.807) is 11.8 Å². The van der Waals surface area contributed by atoms with E-state index >= 15 is 0 Å². The van der Waals surface area contributed by atoms with E-state index in [1.165, 1.54) is 26.4 Å². The zero-order chi connectivity index (χ0) is 17.9. The summed E-state index contributed by atoms with van der Waals surface area (Å²) in [5.74, 6) is 0.165. The minimum Gasteiger partial charge on any atom is -0.502 e.